The molecule has 5 N–H and O–H groups in total. The second-order valence-corrected chi connectivity index (χ2v) is 9.55. The second-order valence-electron chi connectivity index (χ2n) is 8.68. The summed E-state index contributed by atoms with van der Waals surface area (Å²) >= 11 is 12.0. The smallest absolute Gasteiger partial charge is 0.490 e. The number of benzene rings is 2. The maximum atomic E-state index is 13.3. The summed E-state index contributed by atoms with van der Waals surface area (Å²) in [5, 5.41) is 13.4. The highest BCUT2D eigenvalue weighted by Gasteiger charge is 2.38. The third-order valence-electron chi connectivity index (χ3n) is 5.65. The van der Waals surface area contributed by atoms with Crippen LogP contribution in [0.25, 0.3) is 0 Å². The third kappa shape index (κ3) is 9.99. The number of amides is 2. The summed E-state index contributed by atoms with van der Waals surface area (Å²) in [7, 11) is 0. The lowest BCUT2D eigenvalue weighted by Gasteiger charge is -2.29. The van der Waals surface area contributed by atoms with Gasteiger partial charge < -0.3 is 35.8 Å². The van der Waals surface area contributed by atoms with Crippen LogP contribution in [-0.2, 0) is 9.53 Å². The molecule has 2 aromatic carbocycles. The molecule has 3 aromatic rings. The molecule has 1 aromatic heterocycles. The Morgan fingerprint density at radius 2 is 1.60 bits per heavy atom. The lowest BCUT2D eigenvalue weighted by Crippen LogP contribution is -2.36. The van der Waals surface area contributed by atoms with E-state index in [0.29, 0.717) is 46.9 Å². The minimum atomic E-state index is -5.08. The van der Waals surface area contributed by atoms with Gasteiger partial charge in [-0.05, 0) is 42.5 Å². The zero-order chi connectivity index (χ0) is 31.6. The Bertz CT molecular complexity index is 1440. The summed E-state index contributed by atoms with van der Waals surface area (Å²) in [4.78, 5) is 41.4. The lowest BCUT2D eigenvalue weighted by atomic mass is 10.1. The van der Waals surface area contributed by atoms with Crippen molar-refractivity contribution in [2.24, 2.45) is 5.73 Å². The van der Waals surface area contributed by atoms with Gasteiger partial charge in [0, 0.05) is 42.6 Å². The first-order valence-corrected chi connectivity index (χ1v) is 13.3. The van der Waals surface area contributed by atoms with Crippen LogP contribution in [0.5, 0.6) is 5.75 Å². The van der Waals surface area contributed by atoms with Crippen molar-refractivity contribution in [2.75, 3.05) is 55.0 Å². The number of halogens is 5. The molecule has 4 rings (SSSR count). The molecule has 230 valence electrons. The molecule has 1 aliphatic heterocycles. The van der Waals surface area contributed by atoms with Gasteiger partial charge in [-0.15, -0.1) is 0 Å². The Balaban J connectivity index is 0.000000646. The van der Waals surface area contributed by atoms with Crippen LogP contribution < -0.4 is 26.0 Å². The number of carboxylic acid groups (broad SMARTS) is 1. The number of anilines is 3. The molecule has 0 bridgehead atoms. The van der Waals surface area contributed by atoms with Gasteiger partial charge >= 0.3 is 12.1 Å². The van der Waals surface area contributed by atoms with Crippen LogP contribution in [0.1, 0.15) is 20.7 Å². The first kappa shape index (κ1) is 33.4. The number of carbonyl (C=O) groups is 3. The maximum absolute atomic E-state index is 13.3. The first-order valence-electron chi connectivity index (χ1n) is 12.5. The number of ether oxygens (including phenoxy) is 2. The van der Waals surface area contributed by atoms with Crippen molar-refractivity contribution in [3.63, 3.8) is 0 Å². The predicted molar refractivity (Wildman–Crippen MR) is 154 cm³/mol. The number of nitrogens with zero attached hydrogens (tertiary/aromatic N) is 2. The number of hydrogen-bond acceptors (Lipinski definition) is 8. The molecule has 1 fully saturated rings. The molecular formula is C27H26Cl2F3N5O6. The average molecular weight is 644 g/mol. The number of alkyl halides is 3. The van der Waals surface area contributed by atoms with E-state index in [4.69, 9.17) is 48.3 Å². The molecule has 0 radical (unpaired) electrons. The fourth-order valence-electron chi connectivity index (χ4n) is 3.65. The number of aliphatic carboxylic acids is 1. The van der Waals surface area contributed by atoms with Gasteiger partial charge in [-0.2, -0.15) is 13.2 Å². The number of nitrogens with two attached hydrogens (primary N) is 1. The highest BCUT2D eigenvalue weighted by Crippen LogP contribution is 2.29. The highest BCUT2D eigenvalue weighted by molar-refractivity contribution is 6.31. The zero-order valence-corrected chi connectivity index (χ0v) is 23.8. The number of nitrogens with one attached hydrogen (secondary N) is 2. The SMILES string of the molecule is NCCOc1cc(N2CCOCC2)ccc1C(=O)Nc1cc(Cl)ccc1C(=O)Nc1ccc(Cl)cn1.O=C(O)C(F)(F)F. The number of morpholine rings is 1. The molecule has 0 aliphatic carbocycles. The number of pyridine rings is 1. The fraction of sp³-hybridized carbons (Fsp3) is 0.259. The molecular weight excluding hydrogens is 618 g/mol. The van der Waals surface area contributed by atoms with E-state index >= 15 is 0 Å². The van der Waals surface area contributed by atoms with Crippen LogP contribution in [-0.4, -0.2) is 73.5 Å². The number of rotatable bonds is 8. The van der Waals surface area contributed by atoms with Crippen molar-refractivity contribution in [2.45, 2.75) is 6.18 Å². The minimum absolute atomic E-state index is 0.207. The van der Waals surface area contributed by atoms with Gasteiger partial charge in [-0.3, -0.25) is 9.59 Å². The summed E-state index contributed by atoms with van der Waals surface area (Å²) in [6.07, 6.45) is -3.66. The van der Waals surface area contributed by atoms with Crippen molar-refractivity contribution in [3.8, 4) is 5.75 Å². The zero-order valence-electron chi connectivity index (χ0n) is 22.3. The number of carbonyl (C=O) groups excluding carboxylic acids is 2. The van der Waals surface area contributed by atoms with Crippen molar-refractivity contribution in [1.82, 2.24) is 4.98 Å². The summed E-state index contributed by atoms with van der Waals surface area (Å²) in [6.45, 7) is 3.28. The van der Waals surface area contributed by atoms with Gasteiger partial charge in [-0.1, -0.05) is 23.2 Å². The summed E-state index contributed by atoms with van der Waals surface area (Å²) in [5.74, 6) is -2.99. The Hall–Kier alpha value is -4.11. The number of aromatic nitrogens is 1. The van der Waals surface area contributed by atoms with E-state index in [9.17, 15) is 22.8 Å². The molecule has 16 heteroatoms. The molecule has 11 nitrogen and oxygen atoms in total. The van der Waals surface area contributed by atoms with Gasteiger partial charge in [0.05, 0.1) is 35.1 Å². The van der Waals surface area contributed by atoms with E-state index in [1.807, 2.05) is 12.1 Å². The van der Waals surface area contributed by atoms with Gasteiger partial charge in [-0.25, -0.2) is 9.78 Å². The largest absolute Gasteiger partial charge is 0.491 e. The lowest BCUT2D eigenvalue weighted by molar-refractivity contribution is -0.192. The fourth-order valence-corrected chi connectivity index (χ4v) is 3.93. The van der Waals surface area contributed by atoms with Crippen molar-refractivity contribution in [3.05, 3.63) is 75.9 Å². The van der Waals surface area contributed by atoms with E-state index in [1.165, 1.54) is 18.3 Å². The van der Waals surface area contributed by atoms with Crippen LogP contribution in [0.2, 0.25) is 10.0 Å². The Morgan fingerprint density at radius 3 is 2.21 bits per heavy atom. The van der Waals surface area contributed by atoms with Crippen LogP contribution in [0.4, 0.5) is 30.4 Å². The summed E-state index contributed by atoms with van der Waals surface area (Å²) in [5.41, 5.74) is 7.28. The minimum Gasteiger partial charge on any atom is -0.491 e. The van der Waals surface area contributed by atoms with E-state index < -0.39 is 24.0 Å². The molecule has 0 spiro atoms. The quantitative estimate of drug-likeness (QED) is 0.273. The summed E-state index contributed by atoms with van der Waals surface area (Å²) in [6, 6.07) is 13.1. The van der Waals surface area contributed by atoms with Crippen LogP contribution in [0.15, 0.2) is 54.7 Å². The molecule has 1 aliphatic rings. The molecule has 0 unspecified atom stereocenters. The van der Waals surface area contributed by atoms with Crippen molar-refractivity contribution >= 4 is 58.2 Å². The Labute approximate surface area is 253 Å². The van der Waals surface area contributed by atoms with Gasteiger partial charge in [0.25, 0.3) is 11.8 Å². The topological polar surface area (TPSA) is 156 Å². The van der Waals surface area contributed by atoms with E-state index in [1.54, 1.807) is 24.3 Å². The monoisotopic (exact) mass is 643 g/mol. The second kappa shape index (κ2) is 15.4. The number of hydrogen-bond donors (Lipinski definition) is 4. The maximum Gasteiger partial charge on any atom is 0.490 e. The Morgan fingerprint density at radius 1 is 0.977 bits per heavy atom. The third-order valence-corrected chi connectivity index (χ3v) is 6.11. The van der Waals surface area contributed by atoms with Crippen molar-refractivity contribution < 1.29 is 42.1 Å². The van der Waals surface area contributed by atoms with E-state index in [2.05, 4.69) is 20.5 Å². The van der Waals surface area contributed by atoms with Gasteiger partial charge in [0.2, 0.25) is 0 Å². The van der Waals surface area contributed by atoms with Crippen LogP contribution in [0, 0.1) is 0 Å². The van der Waals surface area contributed by atoms with Gasteiger partial charge in [0.1, 0.15) is 18.2 Å². The van der Waals surface area contributed by atoms with Gasteiger partial charge in [0.15, 0.2) is 0 Å². The molecule has 2 heterocycles. The normalized spacial score (nSPS) is 12.9. The van der Waals surface area contributed by atoms with Crippen LogP contribution >= 0.6 is 23.2 Å². The standard InChI is InChI=1S/C25H25Cl2N5O4.C2HF3O2/c26-16-1-4-19(24(33)31-23-6-2-17(27)15-29-23)21(13-16)30-25(34)20-5-3-18(14-22(20)36-10-7-28)32-8-11-35-12-9-32;3-2(4,5)1(6)7/h1-6,13-15H,7-12,28H2,(H,30,34)(H,29,31,33);(H,6,7). The predicted octanol–water partition coefficient (Wildman–Crippen LogP) is 4.70. The summed E-state index contributed by atoms with van der Waals surface area (Å²) < 4.78 is 43.0. The van der Waals surface area contributed by atoms with Crippen molar-refractivity contribution in [1.29, 1.82) is 0 Å². The molecule has 0 atom stereocenters. The van der Waals surface area contributed by atoms with E-state index in [-0.39, 0.29) is 17.9 Å². The molecule has 0 saturated carbocycles. The first-order chi connectivity index (χ1) is 20.4. The Kier molecular flexibility index (Phi) is 11.9. The number of carboxylic acids is 1. The molecule has 1 saturated heterocycles. The average Bonchev–Trinajstić information content (AvgIpc) is 2.97. The molecule has 43 heavy (non-hydrogen) atoms. The highest BCUT2D eigenvalue weighted by atomic mass is 35.5. The molecule has 2 amide bonds. The van der Waals surface area contributed by atoms with Crippen LogP contribution in [0.3, 0.4) is 0 Å². The van der Waals surface area contributed by atoms with E-state index in [0.717, 1.165) is 18.8 Å².